The molecule has 0 aliphatic heterocycles. The van der Waals surface area contributed by atoms with Gasteiger partial charge in [0.15, 0.2) is 0 Å². The highest BCUT2D eigenvalue weighted by molar-refractivity contribution is 9.10. The number of hydrogen-bond donors (Lipinski definition) is 1. The molecular weight excluding hydrogens is 352 g/mol. The van der Waals surface area contributed by atoms with E-state index in [1.807, 2.05) is 17.4 Å². The summed E-state index contributed by atoms with van der Waals surface area (Å²) in [7, 11) is 0. The van der Waals surface area contributed by atoms with Crippen LogP contribution in [0.2, 0.25) is 0 Å². The monoisotopic (exact) mass is 366 g/mol. The number of nitro groups is 1. The smallest absolute Gasteiger partial charge is 0.283 e. The second kappa shape index (κ2) is 6.25. The summed E-state index contributed by atoms with van der Waals surface area (Å²) in [5.41, 5.74) is 2.44. The molecule has 110 valence electrons. The van der Waals surface area contributed by atoms with E-state index < -0.39 is 0 Å². The fourth-order valence-electron chi connectivity index (χ4n) is 2.78. The lowest BCUT2D eigenvalue weighted by atomic mass is 9.94. The summed E-state index contributed by atoms with van der Waals surface area (Å²) in [6.45, 7) is 0.627. The molecule has 4 nitrogen and oxygen atoms in total. The number of aryl methyl sites for hydroxylation is 1. The van der Waals surface area contributed by atoms with Crippen molar-refractivity contribution in [3.8, 4) is 0 Å². The molecule has 0 fully saturated rings. The summed E-state index contributed by atoms with van der Waals surface area (Å²) in [5, 5.41) is 16.7. The fourth-order valence-corrected chi connectivity index (χ4v) is 4.31. The van der Waals surface area contributed by atoms with Gasteiger partial charge in [0, 0.05) is 23.5 Å². The summed E-state index contributed by atoms with van der Waals surface area (Å²) in [6.07, 6.45) is 3.49. The SMILES string of the molecule is O=[N+]([O-])c1cccc(CNC2CCCc3sccc32)c1Br. The van der Waals surface area contributed by atoms with E-state index in [1.165, 1.54) is 29.3 Å². The second-order valence-corrected chi connectivity index (χ2v) is 6.93. The predicted molar refractivity (Wildman–Crippen MR) is 87.6 cm³/mol. The zero-order chi connectivity index (χ0) is 14.8. The van der Waals surface area contributed by atoms with Gasteiger partial charge in [0.25, 0.3) is 5.69 Å². The molecule has 1 aromatic carbocycles. The molecule has 1 aliphatic carbocycles. The highest BCUT2D eigenvalue weighted by Crippen LogP contribution is 2.34. The first-order chi connectivity index (χ1) is 10.2. The maximum Gasteiger partial charge on any atom is 0.283 e. The average Bonchev–Trinajstić information content (AvgIpc) is 2.95. The quantitative estimate of drug-likeness (QED) is 0.635. The van der Waals surface area contributed by atoms with Crippen molar-refractivity contribution in [3.05, 3.63) is 60.2 Å². The molecule has 0 bridgehead atoms. The third-order valence-electron chi connectivity index (χ3n) is 3.85. The number of halogens is 1. The Balaban J connectivity index is 1.75. The first-order valence-electron chi connectivity index (χ1n) is 6.88. The van der Waals surface area contributed by atoms with E-state index in [4.69, 9.17) is 0 Å². The van der Waals surface area contributed by atoms with Gasteiger partial charge in [0.1, 0.15) is 0 Å². The molecule has 0 saturated heterocycles. The van der Waals surface area contributed by atoms with Gasteiger partial charge in [-0.15, -0.1) is 11.3 Å². The van der Waals surface area contributed by atoms with E-state index >= 15 is 0 Å². The van der Waals surface area contributed by atoms with Crippen LogP contribution >= 0.6 is 27.3 Å². The summed E-state index contributed by atoms with van der Waals surface area (Å²) >= 11 is 5.17. The third-order valence-corrected chi connectivity index (χ3v) is 5.76. The van der Waals surface area contributed by atoms with Crippen LogP contribution in [0.25, 0.3) is 0 Å². The van der Waals surface area contributed by atoms with Gasteiger partial charge in [0.05, 0.1) is 9.40 Å². The van der Waals surface area contributed by atoms with Gasteiger partial charge in [0.2, 0.25) is 0 Å². The third kappa shape index (κ3) is 3.02. The van der Waals surface area contributed by atoms with Gasteiger partial charge < -0.3 is 5.32 Å². The van der Waals surface area contributed by atoms with Gasteiger partial charge in [-0.05, 0) is 57.8 Å². The number of nitrogens with zero attached hydrogens (tertiary/aromatic N) is 1. The van der Waals surface area contributed by atoms with Crippen LogP contribution in [0.15, 0.2) is 34.1 Å². The molecule has 0 saturated carbocycles. The Labute approximate surface area is 135 Å². The number of thiophene rings is 1. The van der Waals surface area contributed by atoms with Gasteiger partial charge in [-0.25, -0.2) is 0 Å². The van der Waals surface area contributed by atoms with Crippen LogP contribution in [-0.4, -0.2) is 4.92 Å². The minimum Gasteiger partial charge on any atom is -0.306 e. The fraction of sp³-hybridized carbons (Fsp3) is 0.333. The number of hydrogen-bond acceptors (Lipinski definition) is 4. The molecule has 1 unspecified atom stereocenters. The molecule has 6 heteroatoms. The molecule has 0 spiro atoms. The van der Waals surface area contributed by atoms with Crippen molar-refractivity contribution in [1.29, 1.82) is 0 Å². The maximum atomic E-state index is 11.0. The van der Waals surface area contributed by atoms with Crippen molar-refractivity contribution < 1.29 is 4.92 Å². The van der Waals surface area contributed by atoms with Gasteiger partial charge in [-0.2, -0.15) is 0 Å². The molecule has 1 aliphatic rings. The Bertz CT molecular complexity index is 671. The normalized spacial score (nSPS) is 17.5. The summed E-state index contributed by atoms with van der Waals surface area (Å²) in [6, 6.07) is 7.72. The molecule has 1 heterocycles. The van der Waals surface area contributed by atoms with Gasteiger partial charge >= 0.3 is 0 Å². The second-order valence-electron chi connectivity index (χ2n) is 5.13. The Morgan fingerprint density at radius 3 is 3.10 bits per heavy atom. The lowest BCUT2D eigenvalue weighted by Gasteiger charge is -2.24. The maximum absolute atomic E-state index is 11.0. The topological polar surface area (TPSA) is 55.2 Å². The number of nitro benzene ring substituents is 1. The van der Waals surface area contributed by atoms with Crippen molar-refractivity contribution in [2.75, 3.05) is 0 Å². The summed E-state index contributed by atoms with van der Waals surface area (Å²) in [4.78, 5) is 12.1. The Morgan fingerprint density at radius 2 is 2.29 bits per heavy atom. The molecule has 1 N–H and O–H groups in total. The molecule has 0 amide bonds. The van der Waals surface area contributed by atoms with E-state index in [-0.39, 0.29) is 10.6 Å². The predicted octanol–water partition coefficient (Wildman–Crippen LogP) is 4.59. The van der Waals surface area contributed by atoms with E-state index in [1.54, 1.807) is 6.07 Å². The van der Waals surface area contributed by atoms with Crippen LogP contribution in [0.5, 0.6) is 0 Å². The number of nitrogens with one attached hydrogen (secondary N) is 1. The Hall–Kier alpha value is -1.24. The van der Waals surface area contributed by atoms with Crippen molar-refractivity contribution >= 4 is 33.0 Å². The Morgan fingerprint density at radius 1 is 1.43 bits per heavy atom. The molecule has 21 heavy (non-hydrogen) atoms. The highest BCUT2D eigenvalue weighted by atomic mass is 79.9. The van der Waals surface area contributed by atoms with Crippen LogP contribution in [-0.2, 0) is 13.0 Å². The minimum atomic E-state index is -0.356. The largest absolute Gasteiger partial charge is 0.306 e. The zero-order valence-corrected chi connectivity index (χ0v) is 13.7. The summed E-state index contributed by atoms with van der Waals surface area (Å²) < 4.78 is 0.573. The zero-order valence-electron chi connectivity index (χ0n) is 11.3. The first-order valence-corrected chi connectivity index (χ1v) is 8.55. The van der Waals surface area contributed by atoms with Crippen LogP contribution in [0.4, 0.5) is 5.69 Å². The molecule has 3 rings (SSSR count). The molecule has 2 aromatic rings. The molecule has 1 atom stereocenters. The number of rotatable bonds is 4. The van der Waals surface area contributed by atoms with Gasteiger partial charge in [-0.3, -0.25) is 10.1 Å². The average molecular weight is 367 g/mol. The molecule has 1 aromatic heterocycles. The summed E-state index contributed by atoms with van der Waals surface area (Å²) in [5.74, 6) is 0. The first kappa shape index (κ1) is 14.7. The molecular formula is C15H15BrN2O2S. The highest BCUT2D eigenvalue weighted by Gasteiger charge is 2.21. The lowest BCUT2D eigenvalue weighted by molar-refractivity contribution is -0.385. The van der Waals surface area contributed by atoms with E-state index in [0.717, 1.165) is 12.0 Å². The van der Waals surface area contributed by atoms with Crippen molar-refractivity contribution in [1.82, 2.24) is 5.32 Å². The van der Waals surface area contributed by atoms with Crippen LogP contribution in [0.1, 0.15) is 34.9 Å². The standard InChI is InChI=1S/C15H15BrN2O2S/c16-15-10(3-1-5-13(15)18(19)20)9-17-12-4-2-6-14-11(12)7-8-21-14/h1,3,5,7-8,12,17H,2,4,6,9H2. The number of fused-ring (bicyclic) bond motifs is 1. The Kier molecular flexibility index (Phi) is 4.37. The van der Waals surface area contributed by atoms with E-state index in [9.17, 15) is 10.1 Å². The lowest BCUT2D eigenvalue weighted by Crippen LogP contribution is -2.24. The molecule has 0 radical (unpaired) electrons. The van der Waals surface area contributed by atoms with Crippen molar-refractivity contribution in [2.45, 2.75) is 31.8 Å². The van der Waals surface area contributed by atoms with Crippen molar-refractivity contribution in [2.24, 2.45) is 0 Å². The van der Waals surface area contributed by atoms with Crippen LogP contribution in [0, 0.1) is 10.1 Å². The van der Waals surface area contributed by atoms with E-state index in [2.05, 4.69) is 32.7 Å². The van der Waals surface area contributed by atoms with Crippen molar-refractivity contribution in [3.63, 3.8) is 0 Å². The number of benzene rings is 1. The van der Waals surface area contributed by atoms with E-state index in [0.29, 0.717) is 17.1 Å². The van der Waals surface area contributed by atoms with Crippen LogP contribution in [0.3, 0.4) is 0 Å². The van der Waals surface area contributed by atoms with Crippen LogP contribution < -0.4 is 5.32 Å². The van der Waals surface area contributed by atoms with Gasteiger partial charge in [-0.1, -0.05) is 12.1 Å². The minimum absolute atomic E-state index is 0.120.